The zero-order valence-electron chi connectivity index (χ0n) is 20.8. The van der Waals surface area contributed by atoms with Gasteiger partial charge in [0.15, 0.2) is 0 Å². The Morgan fingerprint density at radius 3 is 2.28 bits per heavy atom. The summed E-state index contributed by atoms with van der Waals surface area (Å²) in [7, 11) is -4.20. The number of rotatable bonds is 10. The summed E-state index contributed by atoms with van der Waals surface area (Å²) in [6.45, 7) is -0.448. The summed E-state index contributed by atoms with van der Waals surface area (Å²) >= 11 is 0. The lowest BCUT2D eigenvalue weighted by atomic mass is 9.92. The maximum absolute atomic E-state index is 13.4. The lowest BCUT2D eigenvalue weighted by Crippen LogP contribution is -2.41. The number of carbonyl (C=O) groups excluding carboxylic acids is 1. The highest BCUT2D eigenvalue weighted by molar-refractivity contribution is 7.89. The molecule has 0 bridgehead atoms. The van der Waals surface area contributed by atoms with Gasteiger partial charge in [-0.25, -0.2) is 13.1 Å². The molecule has 208 valence electrons. The van der Waals surface area contributed by atoms with E-state index < -0.39 is 58.4 Å². The molecule has 3 aromatic carbocycles. The monoisotopic (exact) mass is 562 g/mol. The van der Waals surface area contributed by atoms with Crippen molar-refractivity contribution in [3.8, 4) is 0 Å². The third-order valence-electron chi connectivity index (χ3n) is 6.75. The van der Waals surface area contributed by atoms with E-state index >= 15 is 0 Å². The van der Waals surface area contributed by atoms with Crippen molar-refractivity contribution in [1.29, 1.82) is 0 Å². The second-order valence-electron chi connectivity index (χ2n) is 9.61. The van der Waals surface area contributed by atoms with E-state index in [-0.39, 0.29) is 17.7 Å². The number of halogens is 3. The number of hydrogen-bond acceptors (Lipinski definition) is 5. The quantitative estimate of drug-likeness (QED) is 0.303. The highest BCUT2D eigenvalue weighted by Crippen LogP contribution is 2.32. The third-order valence-corrected chi connectivity index (χ3v) is 8.19. The number of aliphatic hydroxyl groups is 2. The van der Waals surface area contributed by atoms with E-state index in [4.69, 9.17) is 0 Å². The van der Waals surface area contributed by atoms with E-state index in [2.05, 4.69) is 10.0 Å². The molecular formula is C28H29F3N2O5S. The fourth-order valence-electron chi connectivity index (χ4n) is 4.72. The van der Waals surface area contributed by atoms with E-state index in [1.165, 1.54) is 0 Å². The van der Waals surface area contributed by atoms with Crippen LogP contribution >= 0.6 is 0 Å². The van der Waals surface area contributed by atoms with Crippen molar-refractivity contribution in [3.63, 3.8) is 0 Å². The summed E-state index contributed by atoms with van der Waals surface area (Å²) in [5, 5.41) is 24.1. The molecule has 0 aliphatic heterocycles. The van der Waals surface area contributed by atoms with Gasteiger partial charge in [0.05, 0.1) is 28.7 Å². The first-order valence-corrected chi connectivity index (χ1v) is 13.9. The fraction of sp³-hybridized carbons (Fsp3) is 0.321. The molecule has 0 heterocycles. The number of carbonyl (C=O) groups is 1. The maximum Gasteiger partial charge on any atom is 0.416 e. The van der Waals surface area contributed by atoms with E-state index in [1.54, 1.807) is 0 Å². The summed E-state index contributed by atoms with van der Waals surface area (Å²) in [5.41, 5.74) is 1.61. The van der Waals surface area contributed by atoms with Gasteiger partial charge in [0.25, 0.3) is 0 Å². The number of fused-ring (bicyclic) bond motifs is 1. The molecule has 39 heavy (non-hydrogen) atoms. The molecule has 0 radical (unpaired) electrons. The normalized spacial score (nSPS) is 18.8. The summed E-state index contributed by atoms with van der Waals surface area (Å²) in [6, 6.07) is 18.9. The largest absolute Gasteiger partial charge is 0.416 e. The Hall–Kier alpha value is -3.25. The van der Waals surface area contributed by atoms with Crippen molar-refractivity contribution in [3.05, 3.63) is 101 Å². The molecule has 0 saturated heterocycles. The molecule has 4 N–H and O–H groups in total. The molecule has 7 nitrogen and oxygen atoms in total. The van der Waals surface area contributed by atoms with Crippen LogP contribution in [0.15, 0.2) is 83.8 Å². The van der Waals surface area contributed by atoms with Gasteiger partial charge < -0.3 is 15.5 Å². The smallest absolute Gasteiger partial charge is 0.392 e. The highest BCUT2D eigenvalue weighted by atomic mass is 32.2. The number of amides is 1. The SMILES string of the molecule is O=C(N[C@H]1c2ccccc2CC1O)[C@H](Cc1ccccc1)C[C@H](O)CNS(=O)(=O)c1ccc(C(F)(F)F)cc1. The predicted molar refractivity (Wildman–Crippen MR) is 138 cm³/mol. The molecule has 4 rings (SSSR count). The molecule has 1 aliphatic rings. The van der Waals surface area contributed by atoms with Gasteiger partial charge in [0.2, 0.25) is 15.9 Å². The van der Waals surface area contributed by atoms with Crippen LogP contribution in [0.1, 0.15) is 34.7 Å². The van der Waals surface area contributed by atoms with Crippen LogP contribution in [0.4, 0.5) is 13.2 Å². The summed E-state index contributed by atoms with van der Waals surface area (Å²) in [5.74, 6) is -1.15. The zero-order chi connectivity index (χ0) is 28.2. The molecule has 3 aromatic rings. The number of sulfonamides is 1. The molecule has 1 amide bonds. The van der Waals surface area contributed by atoms with Crippen LogP contribution in [0.25, 0.3) is 0 Å². The van der Waals surface area contributed by atoms with Gasteiger partial charge in [-0.2, -0.15) is 13.2 Å². The van der Waals surface area contributed by atoms with Crippen LogP contribution in [0.5, 0.6) is 0 Å². The third kappa shape index (κ3) is 7.24. The van der Waals surface area contributed by atoms with Crippen LogP contribution in [0.2, 0.25) is 0 Å². The maximum atomic E-state index is 13.4. The number of hydrogen-bond donors (Lipinski definition) is 4. The molecule has 0 saturated carbocycles. The van der Waals surface area contributed by atoms with Crippen LogP contribution in [-0.4, -0.2) is 43.3 Å². The minimum Gasteiger partial charge on any atom is -0.392 e. The van der Waals surface area contributed by atoms with Gasteiger partial charge in [-0.15, -0.1) is 0 Å². The lowest BCUT2D eigenvalue weighted by Gasteiger charge is -2.24. The Morgan fingerprint density at radius 1 is 0.974 bits per heavy atom. The van der Waals surface area contributed by atoms with E-state index in [0.717, 1.165) is 28.8 Å². The van der Waals surface area contributed by atoms with Crippen molar-refractivity contribution < 1.29 is 36.6 Å². The lowest BCUT2D eigenvalue weighted by molar-refractivity contribution is -0.137. The first-order valence-electron chi connectivity index (χ1n) is 12.4. The average molecular weight is 563 g/mol. The van der Waals surface area contributed by atoms with Crippen molar-refractivity contribution in [2.24, 2.45) is 5.92 Å². The summed E-state index contributed by atoms with van der Waals surface area (Å²) < 4.78 is 65.7. The Balaban J connectivity index is 1.43. The minimum atomic E-state index is -4.60. The Morgan fingerprint density at radius 2 is 1.62 bits per heavy atom. The Bertz CT molecular complexity index is 1380. The molecule has 1 unspecified atom stereocenters. The molecule has 0 spiro atoms. The van der Waals surface area contributed by atoms with Gasteiger partial charge >= 0.3 is 6.18 Å². The van der Waals surface area contributed by atoms with Gasteiger partial charge in [-0.1, -0.05) is 54.6 Å². The average Bonchev–Trinajstić information content (AvgIpc) is 3.22. The van der Waals surface area contributed by atoms with Crippen LogP contribution in [0, 0.1) is 5.92 Å². The minimum absolute atomic E-state index is 0.0965. The Kier molecular flexibility index (Phi) is 8.75. The summed E-state index contributed by atoms with van der Waals surface area (Å²) in [4.78, 5) is 13.0. The van der Waals surface area contributed by atoms with Crippen molar-refractivity contribution >= 4 is 15.9 Å². The second-order valence-corrected chi connectivity index (χ2v) is 11.4. The first-order chi connectivity index (χ1) is 18.4. The van der Waals surface area contributed by atoms with Gasteiger partial charge in [-0.05, 0) is 53.8 Å². The molecule has 11 heteroatoms. The molecule has 0 aromatic heterocycles. The van der Waals surface area contributed by atoms with Crippen molar-refractivity contribution in [2.45, 2.75) is 48.6 Å². The predicted octanol–water partition coefficient (Wildman–Crippen LogP) is 3.37. The van der Waals surface area contributed by atoms with E-state index in [1.807, 2.05) is 54.6 Å². The van der Waals surface area contributed by atoms with Crippen LogP contribution < -0.4 is 10.0 Å². The first kappa shape index (κ1) is 28.8. The van der Waals surface area contributed by atoms with Gasteiger partial charge in [0, 0.05) is 18.9 Å². The zero-order valence-corrected chi connectivity index (χ0v) is 21.6. The highest BCUT2D eigenvalue weighted by Gasteiger charge is 2.34. The number of aliphatic hydroxyl groups excluding tert-OH is 2. The fourth-order valence-corrected chi connectivity index (χ4v) is 5.80. The molecule has 4 atom stereocenters. The topological polar surface area (TPSA) is 116 Å². The summed E-state index contributed by atoms with van der Waals surface area (Å²) in [6.07, 6.45) is -6.10. The van der Waals surface area contributed by atoms with Crippen LogP contribution in [-0.2, 0) is 33.8 Å². The number of benzene rings is 3. The van der Waals surface area contributed by atoms with Crippen molar-refractivity contribution in [1.82, 2.24) is 10.0 Å². The van der Waals surface area contributed by atoms with Gasteiger partial charge in [-0.3, -0.25) is 4.79 Å². The standard InChI is InChI=1S/C28H29F3N2O5S/c29-28(30,31)21-10-12-23(13-11-21)39(37,38)32-17-22(34)15-20(14-18-6-2-1-3-7-18)27(36)33-26-24-9-5-4-8-19(24)16-25(26)35/h1-13,20,22,25-26,32,34-35H,14-17H2,(H,33,36)/t20-,22+,25?,26+/m1/s1. The van der Waals surface area contributed by atoms with Gasteiger partial charge in [0.1, 0.15) is 0 Å². The second kappa shape index (κ2) is 11.9. The molecular weight excluding hydrogens is 533 g/mol. The van der Waals surface area contributed by atoms with Crippen LogP contribution in [0.3, 0.4) is 0 Å². The van der Waals surface area contributed by atoms with E-state index in [0.29, 0.717) is 18.6 Å². The molecule has 1 aliphatic carbocycles. The molecule has 0 fully saturated rings. The Labute approximate surface area is 224 Å². The van der Waals surface area contributed by atoms with E-state index in [9.17, 15) is 36.6 Å². The number of nitrogens with one attached hydrogen (secondary N) is 2. The van der Waals surface area contributed by atoms with Crippen molar-refractivity contribution in [2.75, 3.05) is 6.54 Å². The number of alkyl halides is 3.